The zero-order valence-electron chi connectivity index (χ0n) is 8.08. The molecule has 0 aliphatic heterocycles. The van der Waals surface area contributed by atoms with Crippen molar-refractivity contribution in [2.75, 3.05) is 6.61 Å². The third-order valence-electron chi connectivity index (χ3n) is 1.58. The van der Waals surface area contributed by atoms with E-state index < -0.39 is 0 Å². The van der Waals surface area contributed by atoms with Crippen molar-refractivity contribution in [1.82, 2.24) is 5.32 Å². The number of hydrogen-bond donors (Lipinski definition) is 2. The lowest BCUT2D eigenvalue weighted by Crippen LogP contribution is -2.38. The van der Waals surface area contributed by atoms with Crippen LogP contribution < -0.4 is 5.32 Å². The van der Waals surface area contributed by atoms with Crippen LogP contribution in [0.25, 0.3) is 0 Å². The van der Waals surface area contributed by atoms with Crippen LogP contribution in [0, 0.1) is 17.2 Å². The molecule has 0 fully saturated rings. The van der Waals surface area contributed by atoms with Crippen LogP contribution in [0.4, 0.5) is 0 Å². The van der Waals surface area contributed by atoms with Gasteiger partial charge in [0.25, 0.3) is 0 Å². The summed E-state index contributed by atoms with van der Waals surface area (Å²) in [6.45, 7) is 3.95. The van der Waals surface area contributed by atoms with Gasteiger partial charge in [0.05, 0.1) is 18.7 Å². The summed E-state index contributed by atoms with van der Waals surface area (Å²) in [6.07, 6.45) is 0.586. The minimum absolute atomic E-state index is 0.0741. The highest BCUT2D eigenvalue weighted by Crippen LogP contribution is 2.03. The van der Waals surface area contributed by atoms with E-state index in [2.05, 4.69) is 5.32 Å². The highest BCUT2D eigenvalue weighted by Gasteiger charge is 2.12. The van der Waals surface area contributed by atoms with Crippen molar-refractivity contribution in [2.45, 2.75) is 32.7 Å². The molecule has 4 heteroatoms. The number of nitrogens with one attached hydrogen (secondary N) is 1. The van der Waals surface area contributed by atoms with E-state index in [9.17, 15) is 4.79 Å². The molecule has 0 aliphatic carbocycles. The summed E-state index contributed by atoms with van der Waals surface area (Å²) in [5.41, 5.74) is 0. The lowest BCUT2D eigenvalue weighted by molar-refractivity contribution is -0.121. The second-order valence-electron chi connectivity index (χ2n) is 3.41. The molecule has 0 rings (SSSR count). The SMILES string of the molecule is CC(C)CC(CO)NC(=O)CC#N. The van der Waals surface area contributed by atoms with Crippen molar-refractivity contribution >= 4 is 5.91 Å². The van der Waals surface area contributed by atoms with Crippen LogP contribution in [0.5, 0.6) is 0 Å². The molecule has 0 radical (unpaired) electrons. The number of amides is 1. The van der Waals surface area contributed by atoms with E-state index in [1.54, 1.807) is 6.07 Å². The summed E-state index contributed by atoms with van der Waals surface area (Å²) in [4.78, 5) is 10.9. The zero-order chi connectivity index (χ0) is 10.3. The number of aliphatic hydroxyl groups excluding tert-OH is 1. The van der Waals surface area contributed by atoms with Gasteiger partial charge in [-0.1, -0.05) is 13.8 Å². The molecular weight excluding hydrogens is 168 g/mol. The molecule has 0 aromatic carbocycles. The Morgan fingerprint density at radius 1 is 1.62 bits per heavy atom. The maximum atomic E-state index is 10.9. The Hall–Kier alpha value is -1.08. The first-order valence-corrected chi connectivity index (χ1v) is 4.37. The number of rotatable bonds is 5. The summed E-state index contributed by atoms with van der Waals surface area (Å²) in [5.74, 6) is 0.0988. The normalized spacial score (nSPS) is 12.2. The van der Waals surface area contributed by atoms with Crippen molar-refractivity contribution < 1.29 is 9.90 Å². The molecule has 0 saturated heterocycles. The van der Waals surface area contributed by atoms with Crippen molar-refractivity contribution in [1.29, 1.82) is 5.26 Å². The molecule has 0 spiro atoms. The van der Waals surface area contributed by atoms with Crippen molar-refractivity contribution in [3.63, 3.8) is 0 Å². The Morgan fingerprint density at radius 3 is 2.62 bits per heavy atom. The summed E-state index contributed by atoms with van der Waals surface area (Å²) in [6, 6.07) is 1.54. The van der Waals surface area contributed by atoms with Crippen LogP contribution in [0.15, 0.2) is 0 Å². The standard InChI is InChI=1S/C9H16N2O2/c1-7(2)5-8(6-12)11-9(13)3-4-10/h7-8,12H,3,5-6H2,1-2H3,(H,11,13). The van der Waals surface area contributed by atoms with E-state index in [-0.39, 0.29) is 25.0 Å². The van der Waals surface area contributed by atoms with Gasteiger partial charge in [0.2, 0.25) is 5.91 Å². The van der Waals surface area contributed by atoms with E-state index in [1.165, 1.54) is 0 Å². The average molecular weight is 184 g/mol. The van der Waals surface area contributed by atoms with Crippen molar-refractivity contribution in [3.05, 3.63) is 0 Å². The third-order valence-corrected chi connectivity index (χ3v) is 1.58. The fraction of sp³-hybridized carbons (Fsp3) is 0.778. The van der Waals surface area contributed by atoms with Crippen LogP contribution in [0.3, 0.4) is 0 Å². The van der Waals surface area contributed by atoms with Gasteiger partial charge < -0.3 is 10.4 Å². The van der Waals surface area contributed by atoms with Crippen LogP contribution in [-0.4, -0.2) is 23.7 Å². The molecule has 0 aliphatic rings. The van der Waals surface area contributed by atoms with E-state index in [4.69, 9.17) is 10.4 Å². The number of carbonyl (C=O) groups excluding carboxylic acids is 1. The molecule has 0 heterocycles. The lowest BCUT2D eigenvalue weighted by atomic mass is 10.0. The first-order chi connectivity index (χ1) is 6.10. The predicted molar refractivity (Wildman–Crippen MR) is 48.7 cm³/mol. The lowest BCUT2D eigenvalue weighted by Gasteiger charge is -2.17. The quantitative estimate of drug-likeness (QED) is 0.650. The van der Waals surface area contributed by atoms with Gasteiger partial charge in [0.1, 0.15) is 6.42 Å². The topological polar surface area (TPSA) is 73.1 Å². The largest absolute Gasteiger partial charge is 0.394 e. The summed E-state index contributed by atoms with van der Waals surface area (Å²) in [5, 5.41) is 19.7. The van der Waals surface area contributed by atoms with Gasteiger partial charge in [0, 0.05) is 0 Å². The van der Waals surface area contributed by atoms with Gasteiger partial charge in [0.15, 0.2) is 0 Å². The van der Waals surface area contributed by atoms with Gasteiger partial charge in [-0.3, -0.25) is 4.79 Å². The van der Waals surface area contributed by atoms with Crippen LogP contribution in [0.2, 0.25) is 0 Å². The molecule has 2 N–H and O–H groups in total. The van der Waals surface area contributed by atoms with E-state index in [1.807, 2.05) is 13.8 Å². The number of nitrogens with zero attached hydrogens (tertiary/aromatic N) is 1. The van der Waals surface area contributed by atoms with Crippen LogP contribution >= 0.6 is 0 Å². The molecule has 1 amide bonds. The molecule has 4 nitrogen and oxygen atoms in total. The van der Waals surface area contributed by atoms with Gasteiger partial charge in [-0.05, 0) is 12.3 Å². The first kappa shape index (κ1) is 11.9. The molecular formula is C9H16N2O2. The van der Waals surface area contributed by atoms with Crippen LogP contribution in [-0.2, 0) is 4.79 Å². The second kappa shape index (κ2) is 6.44. The first-order valence-electron chi connectivity index (χ1n) is 4.37. The monoisotopic (exact) mass is 184 g/mol. The summed E-state index contributed by atoms with van der Waals surface area (Å²) in [7, 11) is 0. The molecule has 74 valence electrons. The molecule has 13 heavy (non-hydrogen) atoms. The number of hydrogen-bond acceptors (Lipinski definition) is 3. The highest BCUT2D eigenvalue weighted by molar-refractivity contribution is 5.78. The summed E-state index contributed by atoms with van der Waals surface area (Å²) < 4.78 is 0. The van der Waals surface area contributed by atoms with Gasteiger partial charge in [-0.15, -0.1) is 0 Å². The van der Waals surface area contributed by atoms with E-state index in [0.717, 1.165) is 6.42 Å². The van der Waals surface area contributed by atoms with Gasteiger partial charge in [-0.25, -0.2) is 0 Å². The molecule has 0 aromatic rings. The minimum atomic E-state index is -0.317. The predicted octanol–water partition coefficient (Wildman–Crippen LogP) is 0.423. The minimum Gasteiger partial charge on any atom is -0.394 e. The number of nitriles is 1. The maximum absolute atomic E-state index is 10.9. The fourth-order valence-corrected chi connectivity index (χ4v) is 1.10. The van der Waals surface area contributed by atoms with Gasteiger partial charge >= 0.3 is 0 Å². The average Bonchev–Trinajstić information content (AvgIpc) is 2.02. The molecule has 0 bridgehead atoms. The van der Waals surface area contributed by atoms with Gasteiger partial charge in [-0.2, -0.15) is 5.26 Å². The number of aliphatic hydroxyl groups is 1. The second-order valence-corrected chi connectivity index (χ2v) is 3.41. The van der Waals surface area contributed by atoms with Crippen molar-refractivity contribution in [2.24, 2.45) is 5.92 Å². The van der Waals surface area contributed by atoms with E-state index in [0.29, 0.717) is 5.92 Å². The molecule has 0 saturated carbocycles. The third kappa shape index (κ3) is 6.12. The Bertz CT molecular complexity index is 196. The maximum Gasteiger partial charge on any atom is 0.234 e. The highest BCUT2D eigenvalue weighted by atomic mass is 16.3. The Kier molecular flexibility index (Phi) is 5.90. The summed E-state index contributed by atoms with van der Waals surface area (Å²) >= 11 is 0. The fourth-order valence-electron chi connectivity index (χ4n) is 1.10. The molecule has 1 atom stereocenters. The van der Waals surface area contributed by atoms with Crippen LogP contribution in [0.1, 0.15) is 26.7 Å². The molecule has 1 unspecified atom stereocenters. The zero-order valence-corrected chi connectivity index (χ0v) is 8.08. The van der Waals surface area contributed by atoms with Crippen molar-refractivity contribution in [3.8, 4) is 6.07 Å². The van der Waals surface area contributed by atoms with E-state index >= 15 is 0 Å². The Balaban J connectivity index is 3.84. The Labute approximate surface area is 78.6 Å². The Morgan fingerprint density at radius 2 is 2.23 bits per heavy atom. The molecule has 0 aromatic heterocycles. The number of carbonyl (C=O) groups is 1. The smallest absolute Gasteiger partial charge is 0.234 e.